The smallest absolute Gasteiger partial charge is 0.0149 e. The van der Waals surface area contributed by atoms with Crippen LogP contribution in [0.4, 0.5) is 0 Å². The van der Waals surface area contributed by atoms with Gasteiger partial charge in [0.05, 0.1) is 0 Å². The standard InChI is InChI=1S/C15H16/c1-3-14-12(2)8-7-11-15(14)13-9-5-4-6-10-13/h4-11H,3H2,1-2H3. The molecule has 2 rings (SSSR count). The maximum absolute atomic E-state index is 2.22. The van der Waals surface area contributed by atoms with Crippen LogP contribution in [0.15, 0.2) is 48.5 Å². The maximum Gasteiger partial charge on any atom is -0.0149 e. The van der Waals surface area contributed by atoms with E-state index < -0.39 is 0 Å². The van der Waals surface area contributed by atoms with Gasteiger partial charge in [-0.1, -0.05) is 55.5 Å². The molecule has 2 aromatic rings. The summed E-state index contributed by atoms with van der Waals surface area (Å²) in [6.45, 7) is 4.40. The third-order valence-corrected chi connectivity index (χ3v) is 2.85. The van der Waals surface area contributed by atoms with Gasteiger partial charge in [0, 0.05) is 0 Å². The Bertz CT molecular complexity index is 441. The first-order valence-corrected chi connectivity index (χ1v) is 5.47. The topological polar surface area (TPSA) is 0 Å². The van der Waals surface area contributed by atoms with Crippen molar-refractivity contribution in [1.82, 2.24) is 0 Å². The average molecular weight is 196 g/mol. The number of hydrogen-bond acceptors (Lipinski definition) is 0. The first kappa shape index (κ1) is 9.97. The van der Waals surface area contributed by atoms with Gasteiger partial charge in [0.15, 0.2) is 0 Å². The number of aryl methyl sites for hydroxylation is 1. The summed E-state index contributed by atoms with van der Waals surface area (Å²) in [6.07, 6.45) is 1.09. The molecule has 0 radical (unpaired) electrons. The Balaban J connectivity index is 2.58. The molecule has 0 saturated carbocycles. The van der Waals surface area contributed by atoms with Crippen LogP contribution in [0, 0.1) is 6.92 Å². The Morgan fingerprint density at radius 3 is 2.27 bits per heavy atom. The molecule has 15 heavy (non-hydrogen) atoms. The highest BCUT2D eigenvalue weighted by Gasteiger charge is 2.04. The summed E-state index contributed by atoms with van der Waals surface area (Å²) in [6, 6.07) is 17.1. The van der Waals surface area contributed by atoms with Crippen molar-refractivity contribution < 1.29 is 0 Å². The van der Waals surface area contributed by atoms with Crippen LogP contribution in [0.1, 0.15) is 18.1 Å². The maximum atomic E-state index is 2.22. The highest BCUT2D eigenvalue weighted by molar-refractivity contribution is 5.68. The molecule has 0 saturated heterocycles. The van der Waals surface area contributed by atoms with Gasteiger partial charge in [-0.15, -0.1) is 0 Å². The van der Waals surface area contributed by atoms with Crippen molar-refractivity contribution in [3.05, 3.63) is 59.7 Å². The molecule has 0 bridgehead atoms. The Morgan fingerprint density at radius 2 is 1.60 bits per heavy atom. The second kappa shape index (κ2) is 4.31. The van der Waals surface area contributed by atoms with Gasteiger partial charge >= 0.3 is 0 Å². The first-order chi connectivity index (χ1) is 7.33. The van der Waals surface area contributed by atoms with E-state index in [1.54, 1.807) is 0 Å². The summed E-state index contributed by atoms with van der Waals surface area (Å²) in [4.78, 5) is 0. The molecule has 0 heteroatoms. The largest absolute Gasteiger partial charge is 0.0622 e. The van der Waals surface area contributed by atoms with Crippen LogP contribution in [-0.2, 0) is 6.42 Å². The predicted octanol–water partition coefficient (Wildman–Crippen LogP) is 4.22. The van der Waals surface area contributed by atoms with Gasteiger partial charge in [0.1, 0.15) is 0 Å². The van der Waals surface area contributed by atoms with Crippen molar-refractivity contribution in [1.29, 1.82) is 0 Å². The zero-order valence-electron chi connectivity index (χ0n) is 9.33. The molecule has 0 spiro atoms. The summed E-state index contributed by atoms with van der Waals surface area (Å²) in [5.74, 6) is 0. The monoisotopic (exact) mass is 196 g/mol. The lowest BCUT2D eigenvalue weighted by molar-refractivity contribution is 1.11. The van der Waals surface area contributed by atoms with E-state index in [9.17, 15) is 0 Å². The lowest BCUT2D eigenvalue weighted by Gasteiger charge is -2.10. The van der Waals surface area contributed by atoms with Gasteiger partial charge in [-0.3, -0.25) is 0 Å². The lowest BCUT2D eigenvalue weighted by Crippen LogP contribution is -1.91. The van der Waals surface area contributed by atoms with E-state index in [2.05, 4.69) is 62.4 Å². The van der Waals surface area contributed by atoms with Crippen LogP contribution in [0.3, 0.4) is 0 Å². The molecule has 0 amide bonds. The van der Waals surface area contributed by atoms with E-state index in [4.69, 9.17) is 0 Å². The minimum absolute atomic E-state index is 1.09. The summed E-state index contributed by atoms with van der Waals surface area (Å²) >= 11 is 0. The average Bonchev–Trinajstić information content (AvgIpc) is 2.30. The first-order valence-electron chi connectivity index (χ1n) is 5.47. The Hall–Kier alpha value is -1.56. The zero-order chi connectivity index (χ0) is 10.7. The van der Waals surface area contributed by atoms with Crippen LogP contribution in [0.2, 0.25) is 0 Å². The number of rotatable bonds is 2. The van der Waals surface area contributed by atoms with Crippen LogP contribution in [0.25, 0.3) is 11.1 Å². The molecule has 0 fully saturated rings. The lowest BCUT2D eigenvalue weighted by atomic mass is 9.94. The fraction of sp³-hybridized carbons (Fsp3) is 0.200. The van der Waals surface area contributed by atoms with Crippen LogP contribution < -0.4 is 0 Å². The molecule has 0 aromatic heterocycles. The number of hydrogen-bond donors (Lipinski definition) is 0. The minimum Gasteiger partial charge on any atom is -0.0622 e. The summed E-state index contributed by atoms with van der Waals surface area (Å²) in [5, 5.41) is 0. The summed E-state index contributed by atoms with van der Waals surface area (Å²) in [7, 11) is 0. The summed E-state index contributed by atoms with van der Waals surface area (Å²) < 4.78 is 0. The van der Waals surface area contributed by atoms with E-state index in [-0.39, 0.29) is 0 Å². The zero-order valence-corrected chi connectivity index (χ0v) is 9.33. The second-order valence-corrected chi connectivity index (χ2v) is 3.82. The van der Waals surface area contributed by atoms with E-state index in [0.29, 0.717) is 0 Å². The second-order valence-electron chi connectivity index (χ2n) is 3.82. The van der Waals surface area contributed by atoms with Crippen LogP contribution in [-0.4, -0.2) is 0 Å². The van der Waals surface area contributed by atoms with Crippen molar-refractivity contribution in [2.75, 3.05) is 0 Å². The van der Waals surface area contributed by atoms with Crippen molar-refractivity contribution in [3.8, 4) is 11.1 Å². The van der Waals surface area contributed by atoms with Crippen molar-refractivity contribution >= 4 is 0 Å². The molecular formula is C15H16. The molecule has 0 aliphatic carbocycles. The summed E-state index contributed by atoms with van der Waals surface area (Å²) in [5.41, 5.74) is 5.54. The molecule has 0 atom stereocenters. The van der Waals surface area contributed by atoms with Crippen LogP contribution >= 0.6 is 0 Å². The predicted molar refractivity (Wildman–Crippen MR) is 66.0 cm³/mol. The Labute approximate surface area is 91.6 Å². The fourth-order valence-corrected chi connectivity index (χ4v) is 2.06. The molecule has 76 valence electrons. The highest BCUT2D eigenvalue weighted by atomic mass is 14.1. The molecule has 0 aliphatic rings. The highest BCUT2D eigenvalue weighted by Crippen LogP contribution is 2.26. The van der Waals surface area contributed by atoms with Gasteiger partial charge in [0.25, 0.3) is 0 Å². The fourth-order valence-electron chi connectivity index (χ4n) is 2.06. The molecular weight excluding hydrogens is 180 g/mol. The van der Waals surface area contributed by atoms with Crippen LogP contribution in [0.5, 0.6) is 0 Å². The van der Waals surface area contributed by atoms with E-state index >= 15 is 0 Å². The molecule has 0 aliphatic heterocycles. The van der Waals surface area contributed by atoms with Gasteiger partial charge in [0.2, 0.25) is 0 Å². The molecule has 0 unspecified atom stereocenters. The van der Waals surface area contributed by atoms with Crippen molar-refractivity contribution in [2.45, 2.75) is 20.3 Å². The van der Waals surface area contributed by atoms with E-state index in [1.807, 2.05) is 0 Å². The molecule has 0 N–H and O–H groups in total. The van der Waals surface area contributed by atoms with Gasteiger partial charge in [-0.2, -0.15) is 0 Å². The van der Waals surface area contributed by atoms with Gasteiger partial charge in [-0.05, 0) is 35.6 Å². The third-order valence-electron chi connectivity index (χ3n) is 2.85. The normalized spacial score (nSPS) is 10.3. The van der Waals surface area contributed by atoms with E-state index in [0.717, 1.165) is 6.42 Å². The third kappa shape index (κ3) is 1.94. The van der Waals surface area contributed by atoms with Crippen molar-refractivity contribution in [2.24, 2.45) is 0 Å². The van der Waals surface area contributed by atoms with Gasteiger partial charge in [-0.25, -0.2) is 0 Å². The Morgan fingerprint density at radius 1 is 0.867 bits per heavy atom. The minimum atomic E-state index is 1.09. The van der Waals surface area contributed by atoms with Crippen molar-refractivity contribution in [3.63, 3.8) is 0 Å². The molecule has 0 nitrogen and oxygen atoms in total. The molecule has 2 aromatic carbocycles. The SMILES string of the molecule is CCc1c(C)cccc1-c1ccccc1. The van der Waals surface area contributed by atoms with E-state index in [1.165, 1.54) is 22.3 Å². The number of benzene rings is 2. The Kier molecular flexibility index (Phi) is 2.86. The quantitative estimate of drug-likeness (QED) is 0.674. The molecule has 0 heterocycles. The van der Waals surface area contributed by atoms with Gasteiger partial charge < -0.3 is 0 Å².